The summed E-state index contributed by atoms with van der Waals surface area (Å²) in [6.07, 6.45) is 0. The van der Waals surface area contributed by atoms with Crippen molar-refractivity contribution < 1.29 is 4.74 Å². The summed E-state index contributed by atoms with van der Waals surface area (Å²) >= 11 is 8.12. The summed E-state index contributed by atoms with van der Waals surface area (Å²) < 4.78 is 6.18. The van der Waals surface area contributed by atoms with Gasteiger partial charge in [-0.2, -0.15) is 0 Å². The van der Waals surface area contributed by atoms with E-state index >= 15 is 0 Å². The number of nitrogens with two attached hydrogens (primary N) is 1. The maximum atomic E-state index is 5.93. The van der Waals surface area contributed by atoms with Crippen LogP contribution < -0.4 is 10.5 Å². The van der Waals surface area contributed by atoms with Gasteiger partial charge in [0.1, 0.15) is 5.75 Å². The molecule has 0 aromatic heterocycles. The summed E-state index contributed by atoms with van der Waals surface area (Å²) in [5.41, 5.74) is 6.46. The predicted molar refractivity (Wildman–Crippen MR) is 58.6 cm³/mol. The average Bonchev–Trinajstić information content (AvgIpc) is 2.03. The van der Waals surface area contributed by atoms with Gasteiger partial charge in [0.25, 0.3) is 0 Å². The highest BCUT2D eigenvalue weighted by atomic mass is 127. The molecule has 2 nitrogen and oxygen atoms in total. The molecule has 0 fully saturated rings. The highest BCUT2D eigenvalue weighted by molar-refractivity contribution is 14.1. The Labute approximate surface area is 90.2 Å². The second kappa shape index (κ2) is 4.30. The van der Waals surface area contributed by atoms with E-state index in [1.165, 1.54) is 0 Å². The Morgan fingerprint density at radius 3 is 2.75 bits per heavy atom. The molecule has 2 N–H and O–H groups in total. The van der Waals surface area contributed by atoms with Crippen LogP contribution in [0.4, 0.5) is 0 Å². The first-order valence-corrected chi connectivity index (χ1v) is 4.86. The van der Waals surface area contributed by atoms with Crippen LogP contribution in [0.5, 0.6) is 5.75 Å². The Morgan fingerprint density at radius 1 is 1.58 bits per heavy atom. The zero-order valence-corrected chi connectivity index (χ0v) is 9.52. The molecular weight excluding hydrogens is 288 g/mol. The first kappa shape index (κ1) is 10.1. The third kappa shape index (κ3) is 2.02. The molecule has 0 radical (unpaired) electrons. The highest BCUT2D eigenvalue weighted by Crippen LogP contribution is 2.30. The van der Waals surface area contributed by atoms with E-state index in [0.717, 1.165) is 9.13 Å². The van der Waals surface area contributed by atoms with E-state index in [2.05, 4.69) is 22.6 Å². The average molecular weight is 298 g/mol. The molecule has 0 aliphatic heterocycles. The van der Waals surface area contributed by atoms with Crippen LogP contribution in [0.2, 0.25) is 5.02 Å². The smallest absolute Gasteiger partial charge is 0.141 e. The Morgan fingerprint density at radius 2 is 2.25 bits per heavy atom. The van der Waals surface area contributed by atoms with E-state index in [4.69, 9.17) is 22.1 Å². The Hall–Kier alpha value is -0.0000000000000000763. The lowest BCUT2D eigenvalue weighted by Crippen LogP contribution is -2.00. The highest BCUT2D eigenvalue weighted by Gasteiger charge is 2.07. The van der Waals surface area contributed by atoms with Crippen molar-refractivity contribution in [2.45, 2.75) is 6.54 Å². The molecule has 12 heavy (non-hydrogen) atoms. The van der Waals surface area contributed by atoms with Crippen LogP contribution in [-0.4, -0.2) is 7.11 Å². The van der Waals surface area contributed by atoms with Gasteiger partial charge in [-0.15, -0.1) is 0 Å². The fourth-order valence-corrected chi connectivity index (χ4v) is 2.18. The minimum absolute atomic E-state index is 0.444. The Balaban J connectivity index is 3.24. The van der Waals surface area contributed by atoms with Crippen molar-refractivity contribution in [2.24, 2.45) is 5.73 Å². The van der Waals surface area contributed by atoms with Crippen molar-refractivity contribution in [2.75, 3.05) is 7.11 Å². The third-order valence-corrected chi connectivity index (χ3v) is 2.41. The number of methoxy groups -OCH3 is 1. The number of hydrogen-bond acceptors (Lipinski definition) is 2. The lowest BCUT2D eigenvalue weighted by Gasteiger charge is -2.08. The molecule has 0 atom stereocenters. The molecule has 0 amide bonds. The van der Waals surface area contributed by atoms with E-state index in [9.17, 15) is 0 Å². The van der Waals surface area contributed by atoms with Crippen molar-refractivity contribution in [3.63, 3.8) is 0 Å². The van der Waals surface area contributed by atoms with E-state index in [-0.39, 0.29) is 0 Å². The number of hydrogen-bond donors (Lipinski definition) is 1. The first-order valence-electron chi connectivity index (χ1n) is 3.41. The Kier molecular flexibility index (Phi) is 3.61. The quantitative estimate of drug-likeness (QED) is 0.851. The van der Waals surface area contributed by atoms with Crippen LogP contribution in [0.1, 0.15) is 5.56 Å². The van der Waals surface area contributed by atoms with E-state index < -0.39 is 0 Å². The molecule has 0 spiro atoms. The number of ether oxygens (including phenoxy) is 1. The second-order valence-electron chi connectivity index (χ2n) is 2.28. The summed E-state index contributed by atoms with van der Waals surface area (Å²) in [5.74, 6) is 0.680. The lowest BCUT2D eigenvalue weighted by molar-refractivity contribution is 0.410. The van der Waals surface area contributed by atoms with Crippen molar-refractivity contribution in [3.05, 3.63) is 26.3 Å². The minimum atomic E-state index is 0.444. The van der Waals surface area contributed by atoms with Gasteiger partial charge in [-0.25, -0.2) is 0 Å². The molecule has 0 bridgehead atoms. The number of benzene rings is 1. The van der Waals surface area contributed by atoms with Gasteiger partial charge in [-0.1, -0.05) is 11.6 Å². The second-order valence-corrected chi connectivity index (χ2v) is 3.94. The van der Waals surface area contributed by atoms with E-state index in [0.29, 0.717) is 17.3 Å². The molecule has 1 rings (SSSR count). The molecule has 0 saturated carbocycles. The van der Waals surface area contributed by atoms with Gasteiger partial charge >= 0.3 is 0 Å². The van der Waals surface area contributed by atoms with Crippen LogP contribution in [-0.2, 0) is 6.54 Å². The van der Waals surface area contributed by atoms with Crippen LogP contribution in [0.25, 0.3) is 0 Å². The summed E-state index contributed by atoms with van der Waals surface area (Å²) in [5, 5.41) is 0.616. The van der Waals surface area contributed by atoms with E-state index in [1.807, 2.05) is 12.1 Å². The molecule has 0 unspecified atom stereocenters. The van der Waals surface area contributed by atoms with Crippen molar-refractivity contribution in [1.29, 1.82) is 0 Å². The standard InChI is InChI=1S/C8H9ClINO/c1-12-8-5(4-11)2-6(10)3-7(8)9/h2-3H,4,11H2,1H3. The maximum Gasteiger partial charge on any atom is 0.141 e. The first-order chi connectivity index (χ1) is 5.69. The molecule has 0 heterocycles. The van der Waals surface area contributed by atoms with Gasteiger partial charge < -0.3 is 10.5 Å². The van der Waals surface area contributed by atoms with Gasteiger partial charge in [0.15, 0.2) is 0 Å². The van der Waals surface area contributed by atoms with Crippen molar-refractivity contribution in [1.82, 2.24) is 0 Å². The maximum absolute atomic E-state index is 5.93. The zero-order valence-electron chi connectivity index (χ0n) is 6.60. The van der Waals surface area contributed by atoms with E-state index in [1.54, 1.807) is 7.11 Å². The van der Waals surface area contributed by atoms with Crippen LogP contribution >= 0.6 is 34.2 Å². The number of halogens is 2. The summed E-state index contributed by atoms with van der Waals surface area (Å²) in [6.45, 7) is 0.444. The molecule has 66 valence electrons. The largest absolute Gasteiger partial charge is 0.495 e. The SMILES string of the molecule is COc1c(Cl)cc(I)cc1CN. The van der Waals surface area contributed by atoms with Crippen LogP contribution in [0.3, 0.4) is 0 Å². The van der Waals surface area contributed by atoms with Gasteiger partial charge in [0.05, 0.1) is 12.1 Å². The monoisotopic (exact) mass is 297 g/mol. The summed E-state index contributed by atoms with van der Waals surface area (Å²) in [4.78, 5) is 0. The van der Waals surface area contributed by atoms with Crippen LogP contribution in [0, 0.1) is 3.57 Å². The minimum Gasteiger partial charge on any atom is -0.495 e. The molecule has 4 heteroatoms. The summed E-state index contributed by atoms with van der Waals surface area (Å²) in [6, 6.07) is 3.81. The summed E-state index contributed by atoms with van der Waals surface area (Å²) in [7, 11) is 1.59. The fraction of sp³-hybridized carbons (Fsp3) is 0.250. The Bertz CT molecular complexity index is 291. The normalized spacial score (nSPS) is 10.0. The van der Waals surface area contributed by atoms with Gasteiger partial charge in [-0.05, 0) is 34.7 Å². The molecular formula is C8H9ClINO. The molecule has 0 aliphatic rings. The van der Waals surface area contributed by atoms with Gasteiger partial charge in [0, 0.05) is 15.7 Å². The van der Waals surface area contributed by atoms with Gasteiger partial charge in [0.2, 0.25) is 0 Å². The van der Waals surface area contributed by atoms with Crippen molar-refractivity contribution in [3.8, 4) is 5.75 Å². The predicted octanol–water partition coefficient (Wildman–Crippen LogP) is 2.41. The van der Waals surface area contributed by atoms with Gasteiger partial charge in [-0.3, -0.25) is 0 Å². The molecule has 0 aliphatic carbocycles. The molecule has 1 aromatic carbocycles. The third-order valence-electron chi connectivity index (χ3n) is 1.51. The van der Waals surface area contributed by atoms with Crippen LogP contribution in [0.15, 0.2) is 12.1 Å². The molecule has 0 saturated heterocycles. The number of rotatable bonds is 2. The van der Waals surface area contributed by atoms with Crippen molar-refractivity contribution >= 4 is 34.2 Å². The molecule has 1 aromatic rings. The zero-order chi connectivity index (χ0) is 9.14. The fourth-order valence-electron chi connectivity index (χ4n) is 0.994. The lowest BCUT2D eigenvalue weighted by atomic mass is 10.2. The topological polar surface area (TPSA) is 35.2 Å².